The number of alkyl halides is 2. The highest BCUT2D eigenvalue weighted by Gasteiger charge is 2.04. The lowest BCUT2D eigenvalue weighted by Crippen LogP contribution is -2.06. The summed E-state index contributed by atoms with van der Waals surface area (Å²) in [6.45, 7) is 5.97. The highest BCUT2D eigenvalue weighted by atomic mass is 19.3. The molecule has 0 spiro atoms. The van der Waals surface area contributed by atoms with Gasteiger partial charge in [0.2, 0.25) is 6.43 Å². The van der Waals surface area contributed by atoms with Crippen molar-refractivity contribution in [2.75, 3.05) is 0 Å². The van der Waals surface area contributed by atoms with E-state index in [2.05, 4.69) is 10.1 Å². The molecule has 0 saturated carbocycles. The lowest BCUT2D eigenvalue weighted by molar-refractivity contribution is 0.129. The number of aromatic nitrogens is 3. The van der Waals surface area contributed by atoms with E-state index in [1.54, 1.807) is 6.92 Å². The molecule has 0 aliphatic carbocycles. The van der Waals surface area contributed by atoms with Gasteiger partial charge in [-0.25, -0.2) is 13.8 Å². The third-order valence-electron chi connectivity index (χ3n) is 1.37. The largest absolute Gasteiger partial charge is 0.250 e. The van der Waals surface area contributed by atoms with Crippen LogP contribution in [0.4, 0.5) is 8.78 Å². The van der Waals surface area contributed by atoms with Gasteiger partial charge in [-0.3, -0.25) is 4.68 Å². The lowest BCUT2D eigenvalue weighted by atomic mass is 10.4. The maximum absolute atomic E-state index is 11.7. The first-order valence-corrected chi connectivity index (χ1v) is 4.32. The number of aryl methyl sites for hydroxylation is 2. The Labute approximate surface area is 76.8 Å². The minimum Gasteiger partial charge on any atom is -0.250 e. The van der Waals surface area contributed by atoms with Gasteiger partial charge >= 0.3 is 0 Å². The van der Waals surface area contributed by atoms with Crippen molar-refractivity contribution in [1.82, 2.24) is 14.8 Å². The van der Waals surface area contributed by atoms with Crippen molar-refractivity contribution in [3.8, 4) is 0 Å². The first-order valence-electron chi connectivity index (χ1n) is 4.32. The van der Waals surface area contributed by atoms with Crippen LogP contribution in [0.25, 0.3) is 0 Å². The summed E-state index contributed by atoms with van der Waals surface area (Å²) in [7, 11) is 0. The summed E-state index contributed by atoms with van der Waals surface area (Å²) in [5.74, 6) is 0.672. The minimum atomic E-state index is -2.27. The van der Waals surface area contributed by atoms with Gasteiger partial charge in [0.1, 0.15) is 12.2 Å². The van der Waals surface area contributed by atoms with E-state index < -0.39 is 6.43 Å². The Morgan fingerprint density at radius 3 is 2.46 bits per heavy atom. The molecule has 0 fully saturated rings. The molecule has 0 N–H and O–H groups in total. The summed E-state index contributed by atoms with van der Waals surface area (Å²) in [6.07, 6.45) is -1.07. The van der Waals surface area contributed by atoms with E-state index in [0.29, 0.717) is 5.82 Å². The molecule has 13 heavy (non-hydrogen) atoms. The van der Waals surface area contributed by atoms with E-state index in [9.17, 15) is 8.78 Å². The van der Waals surface area contributed by atoms with Crippen LogP contribution in [0.15, 0.2) is 6.33 Å². The Morgan fingerprint density at radius 2 is 2.08 bits per heavy atom. The molecule has 76 valence electrons. The van der Waals surface area contributed by atoms with Crippen LogP contribution in [-0.2, 0) is 6.54 Å². The second-order valence-corrected chi connectivity index (χ2v) is 2.21. The first-order chi connectivity index (χ1) is 6.20. The van der Waals surface area contributed by atoms with Gasteiger partial charge in [-0.15, -0.1) is 0 Å². The van der Waals surface area contributed by atoms with Crippen molar-refractivity contribution >= 4 is 0 Å². The van der Waals surface area contributed by atoms with Crippen molar-refractivity contribution in [2.24, 2.45) is 0 Å². The Balaban J connectivity index is 0.000000671. The first kappa shape index (κ1) is 12.0. The second-order valence-electron chi connectivity index (χ2n) is 2.21. The second kappa shape index (κ2) is 6.51. The van der Waals surface area contributed by atoms with Crippen LogP contribution in [0.1, 0.15) is 26.1 Å². The van der Waals surface area contributed by atoms with Gasteiger partial charge in [0.15, 0.2) is 0 Å². The molecular weight excluding hydrogens is 176 g/mol. The average Bonchev–Trinajstić information content (AvgIpc) is 2.51. The molecular formula is C8H15F2N3. The molecule has 5 heteroatoms. The third-order valence-corrected chi connectivity index (χ3v) is 1.37. The average molecular weight is 191 g/mol. The topological polar surface area (TPSA) is 30.7 Å². The van der Waals surface area contributed by atoms with Gasteiger partial charge in [0.05, 0.1) is 0 Å². The van der Waals surface area contributed by atoms with Crippen molar-refractivity contribution in [3.05, 3.63) is 12.2 Å². The molecule has 1 rings (SSSR count). The fourth-order valence-electron chi connectivity index (χ4n) is 0.761. The van der Waals surface area contributed by atoms with Crippen LogP contribution >= 0.6 is 0 Å². The van der Waals surface area contributed by atoms with Gasteiger partial charge in [0.25, 0.3) is 0 Å². The zero-order valence-corrected chi connectivity index (χ0v) is 8.17. The minimum absolute atomic E-state index is 0.163. The Kier molecular flexibility index (Phi) is 6.01. The normalized spacial score (nSPS) is 9.69. The molecule has 0 amide bonds. The maximum atomic E-state index is 11.7. The van der Waals surface area contributed by atoms with Crippen molar-refractivity contribution in [2.45, 2.75) is 40.2 Å². The SMILES string of the molecule is CC.Cc1ncnn1CCC(F)F. The van der Waals surface area contributed by atoms with Crippen LogP contribution in [0.5, 0.6) is 0 Å². The van der Waals surface area contributed by atoms with E-state index in [0.717, 1.165) is 0 Å². The number of hydrogen-bond donors (Lipinski definition) is 0. The molecule has 1 heterocycles. The van der Waals surface area contributed by atoms with Crippen molar-refractivity contribution in [3.63, 3.8) is 0 Å². The summed E-state index contributed by atoms with van der Waals surface area (Å²) in [5, 5.41) is 3.76. The van der Waals surface area contributed by atoms with Crippen molar-refractivity contribution in [1.29, 1.82) is 0 Å². The third kappa shape index (κ3) is 4.55. The van der Waals surface area contributed by atoms with Crippen LogP contribution < -0.4 is 0 Å². The molecule has 0 unspecified atom stereocenters. The summed E-state index contributed by atoms with van der Waals surface area (Å²) in [5.41, 5.74) is 0. The molecule has 0 aliphatic heterocycles. The summed E-state index contributed by atoms with van der Waals surface area (Å²) in [6, 6.07) is 0. The monoisotopic (exact) mass is 191 g/mol. The number of nitrogens with zero attached hydrogens (tertiary/aromatic N) is 3. The summed E-state index contributed by atoms with van der Waals surface area (Å²) >= 11 is 0. The number of halogens is 2. The van der Waals surface area contributed by atoms with Gasteiger partial charge in [-0.05, 0) is 6.92 Å². The smallest absolute Gasteiger partial charge is 0.240 e. The van der Waals surface area contributed by atoms with Gasteiger partial charge in [-0.2, -0.15) is 5.10 Å². The van der Waals surface area contributed by atoms with E-state index in [-0.39, 0.29) is 13.0 Å². The van der Waals surface area contributed by atoms with E-state index in [4.69, 9.17) is 0 Å². The molecule has 0 bridgehead atoms. The predicted molar refractivity (Wildman–Crippen MR) is 46.7 cm³/mol. The van der Waals surface area contributed by atoms with E-state index >= 15 is 0 Å². The molecule has 0 atom stereocenters. The predicted octanol–water partition coefficient (Wildman–Crippen LogP) is 2.27. The van der Waals surface area contributed by atoms with Crippen LogP contribution in [0.2, 0.25) is 0 Å². The number of rotatable bonds is 3. The highest BCUT2D eigenvalue weighted by molar-refractivity contribution is 4.77. The van der Waals surface area contributed by atoms with Gasteiger partial charge in [0, 0.05) is 13.0 Å². The Hall–Kier alpha value is -1.00. The maximum Gasteiger partial charge on any atom is 0.240 e. The molecule has 0 aliphatic rings. The van der Waals surface area contributed by atoms with Crippen LogP contribution in [0, 0.1) is 6.92 Å². The summed E-state index contributed by atoms with van der Waals surface area (Å²) in [4.78, 5) is 3.80. The quantitative estimate of drug-likeness (QED) is 0.733. The zero-order valence-electron chi connectivity index (χ0n) is 8.17. The lowest BCUT2D eigenvalue weighted by Gasteiger charge is -2.00. The fraction of sp³-hybridized carbons (Fsp3) is 0.750. The van der Waals surface area contributed by atoms with Crippen LogP contribution in [0.3, 0.4) is 0 Å². The Morgan fingerprint density at radius 1 is 1.46 bits per heavy atom. The van der Waals surface area contributed by atoms with Gasteiger partial charge < -0.3 is 0 Å². The molecule has 0 aromatic carbocycles. The Bertz CT molecular complexity index is 223. The van der Waals surface area contributed by atoms with Crippen molar-refractivity contribution < 1.29 is 8.78 Å². The molecule has 3 nitrogen and oxygen atoms in total. The molecule has 0 saturated heterocycles. The molecule has 0 radical (unpaired) electrons. The van der Waals surface area contributed by atoms with E-state index in [1.165, 1.54) is 11.0 Å². The fourth-order valence-corrected chi connectivity index (χ4v) is 0.761. The van der Waals surface area contributed by atoms with E-state index in [1.807, 2.05) is 13.8 Å². The van der Waals surface area contributed by atoms with Crippen LogP contribution in [-0.4, -0.2) is 21.2 Å². The molecule has 1 aromatic rings. The molecule has 1 aromatic heterocycles. The zero-order chi connectivity index (χ0) is 10.3. The standard InChI is InChI=1S/C6H9F2N3.C2H6/c1-5-9-4-10-11(5)3-2-6(7)8;1-2/h4,6H,2-3H2,1H3;1-2H3. The van der Waals surface area contributed by atoms with Gasteiger partial charge in [-0.1, -0.05) is 13.8 Å². The highest BCUT2D eigenvalue weighted by Crippen LogP contribution is 2.01. The summed E-state index contributed by atoms with van der Waals surface area (Å²) < 4.78 is 24.9. The number of hydrogen-bond acceptors (Lipinski definition) is 2.